The fraction of sp³-hybridized carbons (Fsp3) is 0.111. The standard InChI is InChI=1S/C18H14Cl2N2O2/c1-10-7-11(2)9-13(8-10)21-16-15(20)17(23)22(18(16)24)14-5-3-12(19)4-6-14/h3-9,21H,1-2H3. The minimum atomic E-state index is -0.559. The van der Waals surface area contributed by atoms with Crippen molar-refractivity contribution in [1.29, 1.82) is 0 Å². The summed E-state index contributed by atoms with van der Waals surface area (Å²) in [6.45, 7) is 3.91. The molecule has 1 heterocycles. The van der Waals surface area contributed by atoms with Gasteiger partial charge in [-0.05, 0) is 61.4 Å². The van der Waals surface area contributed by atoms with Gasteiger partial charge < -0.3 is 5.32 Å². The summed E-state index contributed by atoms with van der Waals surface area (Å²) < 4.78 is 0. The van der Waals surface area contributed by atoms with Crippen LogP contribution in [0.5, 0.6) is 0 Å². The quantitative estimate of drug-likeness (QED) is 0.825. The van der Waals surface area contributed by atoms with Crippen LogP contribution < -0.4 is 10.2 Å². The van der Waals surface area contributed by atoms with Crippen molar-refractivity contribution in [3.63, 3.8) is 0 Å². The van der Waals surface area contributed by atoms with Crippen LogP contribution in [0.3, 0.4) is 0 Å². The predicted molar refractivity (Wildman–Crippen MR) is 96.4 cm³/mol. The van der Waals surface area contributed by atoms with Crippen molar-refractivity contribution in [3.8, 4) is 0 Å². The smallest absolute Gasteiger partial charge is 0.283 e. The van der Waals surface area contributed by atoms with Crippen molar-refractivity contribution in [2.24, 2.45) is 0 Å². The molecule has 2 aromatic rings. The number of carbonyl (C=O) groups is 2. The molecule has 3 rings (SSSR count). The first kappa shape index (κ1) is 16.6. The molecule has 1 aliphatic heterocycles. The van der Waals surface area contributed by atoms with E-state index in [1.54, 1.807) is 24.3 Å². The number of hydrogen-bond acceptors (Lipinski definition) is 3. The van der Waals surface area contributed by atoms with Gasteiger partial charge in [-0.15, -0.1) is 0 Å². The number of nitrogens with zero attached hydrogens (tertiary/aromatic N) is 1. The zero-order chi connectivity index (χ0) is 17.4. The lowest BCUT2D eigenvalue weighted by atomic mass is 10.1. The third-order valence-corrected chi connectivity index (χ3v) is 4.21. The lowest BCUT2D eigenvalue weighted by molar-refractivity contribution is -0.120. The summed E-state index contributed by atoms with van der Waals surface area (Å²) in [6.07, 6.45) is 0. The van der Waals surface area contributed by atoms with Crippen molar-refractivity contribution in [2.75, 3.05) is 10.2 Å². The Bertz CT molecular complexity index is 853. The second kappa shape index (κ2) is 6.30. The molecule has 0 unspecified atom stereocenters. The topological polar surface area (TPSA) is 49.4 Å². The maximum atomic E-state index is 12.7. The van der Waals surface area contributed by atoms with Crippen LogP contribution >= 0.6 is 23.2 Å². The fourth-order valence-corrected chi connectivity index (χ4v) is 2.97. The highest BCUT2D eigenvalue weighted by Crippen LogP contribution is 2.31. The average Bonchev–Trinajstić information content (AvgIpc) is 2.71. The molecule has 0 saturated heterocycles. The van der Waals surface area contributed by atoms with Crippen LogP contribution in [-0.4, -0.2) is 11.8 Å². The molecule has 0 radical (unpaired) electrons. The summed E-state index contributed by atoms with van der Waals surface area (Å²) in [5.74, 6) is -1.05. The van der Waals surface area contributed by atoms with Gasteiger partial charge in [-0.3, -0.25) is 9.59 Å². The number of aryl methyl sites for hydroxylation is 2. The first-order chi connectivity index (χ1) is 11.4. The zero-order valence-corrected chi connectivity index (χ0v) is 14.6. The second-order valence-electron chi connectivity index (χ2n) is 5.61. The van der Waals surface area contributed by atoms with Gasteiger partial charge in [0.05, 0.1) is 5.69 Å². The van der Waals surface area contributed by atoms with Gasteiger partial charge in [0, 0.05) is 10.7 Å². The van der Waals surface area contributed by atoms with Crippen molar-refractivity contribution in [3.05, 3.63) is 69.3 Å². The summed E-state index contributed by atoms with van der Waals surface area (Å²) in [5.41, 5.74) is 3.28. The minimum Gasteiger partial charge on any atom is -0.350 e. The normalized spacial score (nSPS) is 14.6. The van der Waals surface area contributed by atoms with E-state index in [-0.39, 0.29) is 10.7 Å². The van der Waals surface area contributed by atoms with E-state index in [0.717, 1.165) is 16.0 Å². The molecule has 0 aliphatic carbocycles. The lowest BCUT2D eigenvalue weighted by Gasteiger charge is -2.15. The third kappa shape index (κ3) is 3.03. The number of hydrogen-bond donors (Lipinski definition) is 1. The maximum absolute atomic E-state index is 12.7. The monoisotopic (exact) mass is 360 g/mol. The van der Waals surface area contributed by atoms with Crippen LogP contribution in [0.25, 0.3) is 0 Å². The molecule has 2 amide bonds. The number of anilines is 2. The summed E-state index contributed by atoms with van der Waals surface area (Å²) in [7, 11) is 0. The molecule has 24 heavy (non-hydrogen) atoms. The van der Waals surface area contributed by atoms with E-state index < -0.39 is 11.8 Å². The Hall–Kier alpha value is -2.30. The number of rotatable bonds is 3. The predicted octanol–water partition coefficient (Wildman–Crippen LogP) is 4.39. The number of benzene rings is 2. The molecular weight excluding hydrogens is 347 g/mol. The van der Waals surface area contributed by atoms with E-state index in [9.17, 15) is 9.59 Å². The van der Waals surface area contributed by atoms with Crippen molar-refractivity contribution < 1.29 is 9.59 Å². The van der Waals surface area contributed by atoms with Gasteiger partial charge in [-0.25, -0.2) is 4.90 Å². The Labute approximate surface area is 149 Å². The van der Waals surface area contributed by atoms with Crippen molar-refractivity contribution >= 4 is 46.4 Å². The average molecular weight is 361 g/mol. The summed E-state index contributed by atoms with van der Waals surface area (Å²) in [6, 6.07) is 12.2. The summed E-state index contributed by atoms with van der Waals surface area (Å²) >= 11 is 12.0. The van der Waals surface area contributed by atoms with Crippen molar-refractivity contribution in [1.82, 2.24) is 0 Å². The lowest BCUT2D eigenvalue weighted by Crippen LogP contribution is -2.32. The molecule has 0 bridgehead atoms. The molecule has 4 nitrogen and oxygen atoms in total. The minimum absolute atomic E-state index is 0.0709. The number of imide groups is 1. The maximum Gasteiger partial charge on any atom is 0.283 e. The number of nitrogens with one attached hydrogen (secondary N) is 1. The Morgan fingerprint density at radius 2 is 1.46 bits per heavy atom. The molecule has 0 saturated carbocycles. The molecule has 0 spiro atoms. The number of amides is 2. The highest BCUT2D eigenvalue weighted by atomic mass is 35.5. The second-order valence-corrected chi connectivity index (χ2v) is 6.43. The van der Waals surface area contributed by atoms with E-state index in [1.165, 1.54) is 0 Å². The molecule has 0 atom stereocenters. The number of carbonyl (C=O) groups excluding carboxylic acids is 2. The van der Waals surface area contributed by atoms with Crippen LogP contribution in [0.1, 0.15) is 11.1 Å². The zero-order valence-electron chi connectivity index (χ0n) is 13.1. The Morgan fingerprint density at radius 1 is 0.875 bits per heavy atom. The summed E-state index contributed by atoms with van der Waals surface area (Å²) in [4.78, 5) is 26.1. The van der Waals surface area contributed by atoms with E-state index >= 15 is 0 Å². The molecule has 6 heteroatoms. The molecule has 0 fully saturated rings. The van der Waals surface area contributed by atoms with Gasteiger partial charge in [-0.2, -0.15) is 0 Å². The third-order valence-electron chi connectivity index (χ3n) is 3.60. The van der Waals surface area contributed by atoms with Crippen LogP contribution in [-0.2, 0) is 9.59 Å². The van der Waals surface area contributed by atoms with Crippen LogP contribution in [0.15, 0.2) is 53.2 Å². The Balaban J connectivity index is 1.93. The Morgan fingerprint density at radius 3 is 2.04 bits per heavy atom. The molecule has 1 aliphatic rings. The van der Waals surface area contributed by atoms with Gasteiger partial charge in [0.1, 0.15) is 10.7 Å². The van der Waals surface area contributed by atoms with E-state index in [1.807, 2.05) is 32.0 Å². The Kier molecular flexibility index (Phi) is 4.35. The van der Waals surface area contributed by atoms with Gasteiger partial charge in [-0.1, -0.05) is 29.3 Å². The van der Waals surface area contributed by atoms with E-state index in [2.05, 4.69) is 5.32 Å². The van der Waals surface area contributed by atoms with E-state index in [0.29, 0.717) is 16.4 Å². The van der Waals surface area contributed by atoms with Gasteiger partial charge >= 0.3 is 0 Å². The fourth-order valence-electron chi connectivity index (χ4n) is 2.63. The van der Waals surface area contributed by atoms with E-state index in [4.69, 9.17) is 23.2 Å². The van der Waals surface area contributed by atoms with Gasteiger partial charge in [0.2, 0.25) is 0 Å². The molecule has 1 N–H and O–H groups in total. The van der Waals surface area contributed by atoms with Crippen molar-refractivity contribution in [2.45, 2.75) is 13.8 Å². The van der Waals surface area contributed by atoms with Crippen LogP contribution in [0.2, 0.25) is 5.02 Å². The van der Waals surface area contributed by atoms with Gasteiger partial charge in [0.15, 0.2) is 0 Å². The summed E-state index contributed by atoms with van der Waals surface area (Å²) in [5, 5.41) is 3.36. The molecular formula is C18H14Cl2N2O2. The van der Waals surface area contributed by atoms with Gasteiger partial charge in [0.25, 0.3) is 11.8 Å². The first-order valence-corrected chi connectivity index (χ1v) is 8.02. The number of halogens is 2. The van der Waals surface area contributed by atoms with Crippen LogP contribution in [0.4, 0.5) is 11.4 Å². The SMILES string of the molecule is Cc1cc(C)cc(NC2=C(Cl)C(=O)N(c3ccc(Cl)cc3)C2=O)c1. The van der Waals surface area contributed by atoms with Crippen LogP contribution in [0, 0.1) is 13.8 Å². The first-order valence-electron chi connectivity index (χ1n) is 7.26. The largest absolute Gasteiger partial charge is 0.350 e. The molecule has 122 valence electrons. The highest BCUT2D eigenvalue weighted by Gasteiger charge is 2.38. The highest BCUT2D eigenvalue weighted by molar-refractivity contribution is 6.53. The molecule has 0 aromatic heterocycles. The molecule has 2 aromatic carbocycles.